The number of carbonyl (C=O) groups is 1. The van der Waals surface area contributed by atoms with Crippen molar-refractivity contribution in [3.05, 3.63) is 35.4 Å². The molecular formula is C17H26N2OS. The van der Waals surface area contributed by atoms with Gasteiger partial charge in [0.2, 0.25) is 5.91 Å². The molecule has 1 aliphatic rings. The molecule has 116 valence electrons. The molecule has 1 N–H and O–H groups in total. The van der Waals surface area contributed by atoms with E-state index in [-0.39, 0.29) is 12.1 Å². The second-order valence-corrected chi connectivity index (χ2v) is 6.83. The van der Waals surface area contributed by atoms with Gasteiger partial charge in [-0.1, -0.05) is 45.0 Å². The Kier molecular flexibility index (Phi) is 5.71. The van der Waals surface area contributed by atoms with Crippen molar-refractivity contribution in [3.8, 4) is 0 Å². The molecule has 3 nitrogen and oxygen atoms in total. The number of nitrogens with one attached hydrogen (secondary N) is 1. The molecule has 21 heavy (non-hydrogen) atoms. The molecule has 1 amide bonds. The van der Waals surface area contributed by atoms with Crippen LogP contribution in [-0.4, -0.2) is 35.4 Å². The van der Waals surface area contributed by atoms with Gasteiger partial charge in [-0.2, -0.15) is 11.8 Å². The van der Waals surface area contributed by atoms with Gasteiger partial charge in [0.1, 0.15) is 6.17 Å². The molecule has 0 saturated carbocycles. The number of benzene rings is 1. The summed E-state index contributed by atoms with van der Waals surface area (Å²) in [6.45, 7) is 7.00. The Morgan fingerprint density at radius 2 is 2.00 bits per heavy atom. The molecule has 1 aromatic rings. The maximum Gasteiger partial charge on any atom is 0.238 e. The van der Waals surface area contributed by atoms with E-state index in [0.717, 1.165) is 12.2 Å². The van der Waals surface area contributed by atoms with Gasteiger partial charge in [-0.05, 0) is 29.7 Å². The fourth-order valence-corrected chi connectivity index (χ4v) is 3.64. The molecule has 2 unspecified atom stereocenters. The molecule has 1 aromatic carbocycles. The number of hydrogen-bond acceptors (Lipinski definition) is 3. The highest BCUT2D eigenvalue weighted by molar-refractivity contribution is 7.98. The second kappa shape index (κ2) is 7.32. The van der Waals surface area contributed by atoms with Crippen molar-refractivity contribution < 1.29 is 4.79 Å². The largest absolute Gasteiger partial charge is 0.318 e. The average molecular weight is 306 g/mol. The van der Waals surface area contributed by atoms with Crippen molar-refractivity contribution in [1.82, 2.24) is 10.2 Å². The summed E-state index contributed by atoms with van der Waals surface area (Å²) in [6, 6.07) is 8.97. The zero-order chi connectivity index (χ0) is 15.4. The summed E-state index contributed by atoms with van der Waals surface area (Å²) in [5, 5.41) is 3.36. The highest BCUT2D eigenvalue weighted by Crippen LogP contribution is 2.28. The van der Waals surface area contributed by atoms with Crippen LogP contribution in [-0.2, 0) is 4.79 Å². The fourth-order valence-electron chi connectivity index (χ4n) is 2.86. The van der Waals surface area contributed by atoms with Crippen molar-refractivity contribution >= 4 is 17.7 Å². The summed E-state index contributed by atoms with van der Waals surface area (Å²) >= 11 is 1.81. The summed E-state index contributed by atoms with van der Waals surface area (Å²) in [5.74, 6) is 1.74. The van der Waals surface area contributed by atoms with Crippen LogP contribution in [0.1, 0.15) is 50.4 Å². The second-order valence-electron chi connectivity index (χ2n) is 5.92. The normalized spacial score (nSPS) is 20.3. The first-order valence-corrected chi connectivity index (χ1v) is 9.11. The van der Waals surface area contributed by atoms with E-state index < -0.39 is 0 Å². The van der Waals surface area contributed by atoms with E-state index in [4.69, 9.17) is 0 Å². The van der Waals surface area contributed by atoms with Crippen molar-refractivity contribution in [3.63, 3.8) is 0 Å². The summed E-state index contributed by atoms with van der Waals surface area (Å²) in [6.07, 6.45) is 3.12. The Bertz CT molecular complexity index is 472. The average Bonchev–Trinajstić information content (AvgIpc) is 2.86. The minimum Gasteiger partial charge on any atom is -0.318 e. The molecule has 2 atom stereocenters. The van der Waals surface area contributed by atoms with E-state index in [9.17, 15) is 4.79 Å². The summed E-state index contributed by atoms with van der Waals surface area (Å²) in [4.78, 5) is 14.3. The number of nitrogens with zero attached hydrogens (tertiary/aromatic N) is 1. The van der Waals surface area contributed by atoms with Crippen molar-refractivity contribution in [2.24, 2.45) is 0 Å². The third-order valence-electron chi connectivity index (χ3n) is 4.16. The number of carbonyl (C=O) groups excluding carboxylic acids is 1. The predicted octanol–water partition coefficient (Wildman–Crippen LogP) is 3.38. The molecule has 2 rings (SSSR count). The van der Waals surface area contributed by atoms with E-state index in [1.165, 1.54) is 11.1 Å². The Morgan fingerprint density at radius 1 is 1.33 bits per heavy atom. The van der Waals surface area contributed by atoms with Gasteiger partial charge in [0.05, 0.1) is 6.54 Å². The van der Waals surface area contributed by atoms with Gasteiger partial charge in [0.15, 0.2) is 0 Å². The number of thioether (sulfide) groups is 1. The quantitative estimate of drug-likeness (QED) is 0.874. The third kappa shape index (κ3) is 3.61. The zero-order valence-corrected chi connectivity index (χ0v) is 14.2. The van der Waals surface area contributed by atoms with E-state index in [1.807, 2.05) is 4.90 Å². The molecule has 0 radical (unpaired) electrons. The van der Waals surface area contributed by atoms with E-state index >= 15 is 0 Å². The monoisotopic (exact) mass is 306 g/mol. The molecule has 1 heterocycles. The van der Waals surface area contributed by atoms with Crippen LogP contribution in [0.15, 0.2) is 24.3 Å². The van der Waals surface area contributed by atoms with Gasteiger partial charge in [-0.25, -0.2) is 0 Å². The molecule has 0 aromatic heterocycles. The van der Waals surface area contributed by atoms with Gasteiger partial charge in [0.25, 0.3) is 0 Å². The molecule has 4 heteroatoms. The number of rotatable bonds is 6. The van der Waals surface area contributed by atoms with Gasteiger partial charge in [-0.15, -0.1) is 0 Å². The van der Waals surface area contributed by atoms with Crippen LogP contribution in [0, 0.1) is 0 Å². The Hall–Kier alpha value is -1.00. The SMILES string of the molecule is CCC(CSC)N1C(=O)CNC1c1ccc(C(C)C)cc1. The molecule has 1 fully saturated rings. The Morgan fingerprint density at radius 3 is 2.52 bits per heavy atom. The standard InChI is InChI=1S/C17H26N2OS/c1-5-15(11-21-4)19-16(20)10-18-17(19)14-8-6-13(7-9-14)12(2)3/h6-9,12,15,17-18H,5,10-11H2,1-4H3. The van der Waals surface area contributed by atoms with Crippen LogP contribution in [0.3, 0.4) is 0 Å². The zero-order valence-electron chi connectivity index (χ0n) is 13.4. The maximum absolute atomic E-state index is 12.3. The first-order chi connectivity index (χ1) is 10.1. The minimum atomic E-state index is 0.0239. The highest BCUT2D eigenvalue weighted by Gasteiger charge is 2.35. The molecule has 0 aliphatic carbocycles. The van der Waals surface area contributed by atoms with Crippen LogP contribution >= 0.6 is 11.8 Å². The van der Waals surface area contributed by atoms with E-state index in [0.29, 0.717) is 18.5 Å². The van der Waals surface area contributed by atoms with Gasteiger partial charge >= 0.3 is 0 Å². The smallest absolute Gasteiger partial charge is 0.238 e. The van der Waals surface area contributed by atoms with Crippen LogP contribution < -0.4 is 5.32 Å². The molecule has 1 aliphatic heterocycles. The van der Waals surface area contributed by atoms with Crippen molar-refractivity contribution in [2.45, 2.75) is 45.3 Å². The lowest BCUT2D eigenvalue weighted by molar-refractivity contribution is -0.130. The third-order valence-corrected chi connectivity index (χ3v) is 4.87. The lowest BCUT2D eigenvalue weighted by Crippen LogP contribution is -2.40. The molecular weight excluding hydrogens is 280 g/mol. The lowest BCUT2D eigenvalue weighted by atomic mass is 10.0. The van der Waals surface area contributed by atoms with Crippen LogP contribution in [0.25, 0.3) is 0 Å². The minimum absolute atomic E-state index is 0.0239. The Labute approximate surface area is 132 Å². The van der Waals surface area contributed by atoms with Gasteiger partial charge in [0, 0.05) is 11.8 Å². The summed E-state index contributed by atoms with van der Waals surface area (Å²) in [5.41, 5.74) is 2.52. The summed E-state index contributed by atoms with van der Waals surface area (Å²) in [7, 11) is 0. The van der Waals surface area contributed by atoms with E-state index in [1.54, 1.807) is 11.8 Å². The topological polar surface area (TPSA) is 32.3 Å². The molecule has 0 bridgehead atoms. The highest BCUT2D eigenvalue weighted by atomic mass is 32.2. The van der Waals surface area contributed by atoms with Gasteiger partial charge < -0.3 is 4.90 Å². The first-order valence-electron chi connectivity index (χ1n) is 7.71. The van der Waals surface area contributed by atoms with Crippen LogP contribution in [0.2, 0.25) is 0 Å². The van der Waals surface area contributed by atoms with Crippen LogP contribution in [0.4, 0.5) is 0 Å². The number of hydrogen-bond donors (Lipinski definition) is 1. The van der Waals surface area contributed by atoms with Crippen LogP contribution in [0.5, 0.6) is 0 Å². The molecule has 1 saturated heterocycles. The fraction of sp³-hybridized carbons (Fsp3) is 0.588. The summed E-state index contributed by atoms with van der Waals surface area (Å²) < 4.78 is 0. The Balaban J connectivity index is 2.22. The molecule has 0 spiro atoms. The predicted molar refractivity (Wildman–Crippen MR) is 90.6 cm³/mol. The van der Waals surface area contributed by atoms with Crippen molar-refractivity contribution in [2.75, 3.05) is 18.6 Å². The van der Waals surface area contributed by atoms with E-state index in [2.05, 4.69) is 56.6 Å². The number of amides is 1. The lowest BCUT2D eigenvalue weighted by Gasteiger charge is -2.32. The maximum atomic E-state index is 12.3. The van der Waals surface area contributed by atoms with Gasteiger partial charge in [-0.3, -0.25) is 10.1 Å². The first kappa shape index (κ1) is 16.4. The van der Waals surface area contributed by atoms with Crippen molar-refractivity contribution in [1.29, 1.82) is 0 Å².